The van der Waals surface area contributed by atoms with Crippen LogP contribution in [0.5, 0.6) is 0 Å². The summed E-state index contributed by atoms with van der Waals surface area (Å²) in [4.78, 5) is 59.7. The van der Waals surface area contributed by atoms with E-state index in [1.54, 1.807) is 17.0 Å². The van der Waals surface area contributed by atoms with Gasteiger partial charge in [-0.3, -0.25) is 9.59 Å². The Kier molecular flexibility index (Phi) is 6.94. The Morgan fingerprint density at radius 1 is 1.35 bits per heavy atom. The summed E-state index contributed by atoms with van der Waals surface area (Å²) in [5, 5.41) is 29.1. The molecule has 2 amide bonds. The van der Waals surface area contributed by atoms with Crippen molar-refractivity contribution in [2.45, 2.75) is 50.9 Å². The van der Waals surface area contributed by atoms with Crippen LogP contribution in [-0.4, -0.2) is 62.1 Å². The monoisotopic (exact) mass is 528 g/mol. The van der Waals surface area contributed by atoms with Crippen molar-refractivity contribution in [3.8, 4) is 0 Å². The zero-order chi connectivity index (χ0) is 26.9. The number of nitrogens with two attached hydrogens (primary N) is 1. The van der Waals surface area contributed by atoms with E-state index in [1.807, 2.05) is 18.2 Å². The SMILES string of the molecule is CC(C)(O/N=C(\C(=O)N[C@H]1C(=O)N2C(C(=O)[O-])=C(C[n+]3ccccc3)CC[C@H]12)c1csc(N)n1)C(=O)O. The maximum atomic E-state index is 13.1. The van der Waals surface area contributed by atoms with Crippen molar-refractivity contribution in [1.29, 1.82) is 0 Å². The second-order valence-electron chi connectivity index (χ2n) is 8.97. The van der Waals surface area contributed by atoms with Gasteiger partial charge in [0, 0.05) is 23.1 Å². The Hall–Kier alpha value is -4.33. The van der Waals surface area contributed by atoms with Crippen molar-refractivity contribution in [1.82, 2.24) is 15.2 Å². The molecule has 0 aromatic carbocycles. The maximum absolute atomic E-state index is 13.1. The van der Waals surface area contributed by atoms with Crippen LogP contribution in [0.15, 0.2) is 52.4 Å². The summed E-state index contributed by atoms with van der Waals surface area (Å²) < 4.78 is 1.79. The Balaban J connectivity index is 1.55. The van der Waals surface area contributed by atoms with Crippen molar-refractivity contribution in [3.05, 3.63) is 52.9 Å². The number of thiazole rings is 1. The molecular weight excluding hydrogens is 504 g/mol. The smallest absolute Gasteiger partial charge is 0.350 e. The number of aliphatic carboxylic acids is 2. The summed E-state index contributed by atoms with van der Waals surface area (Å²) in [7, 11) is 0. The van der Waals surface area contributed by atoms with Gasteiger partial charge in [-0.05, 0) is 26.7 Å². The summed E-state index contributed by atoms with van der Waals surface area (Å²) >= 11 is 1.03. The lowest BCUT2D eigenvalue weighted by atomic mass is 9.83. The minimum absolute atomic E-state index is 0.0333. The summed E-state index contributed by atoms with van der Waals surface area (Å²) in [6.45, 7) is 2.77. The summed E-state index contributed by atoms with van der Waals surface area (Å²) in [6.07, 6.45) is 4.36. The standard InChI is InChI=1S/C23H24N6O7S/c1-23(2,21(34)35)36-27-15(13-11-37-22(24)25-13)18(30)26-16-14-7-6-12(10-28-8-4-3-5-9-28)17(20(32)33)29(14)19(16)31/h3-5,8-9,11,14,16H,6-7,10H2,1-2H3,(H4-,24,25,26,30,32,33,34,35)/b27-15-/t14-,16-/m1/s1. The number of nitrogens with one attached hydrogen (secondary N) is 1. The van der Waals surface area contributed by atoms with Crippen molar-refractivity contribution in [2.75, 3.05) is 5.73 Å². The fourth-order valence-electron chi connectivity index (χ4n) is 4.05. The summed E-state index contributed by atoms with van der Waals surface area (Å²) in [5.74, 6) is -4.25. The molecule has 2 aromatic rings. The Morgan fingerprint density at radius 3 is 2.65 bits per heavy atom. The number of nitrogen functional groups attached to an aromatic ring is 1. The van der Waals surface area contributed by atoms with E-state index in [1.165, 1.54) is 19.2 Å². The van der Waals surface area contributed by atoms with Crippen molar-refractivity contribution in [2.24, 2.45) is 5.16 Å². The van der Waals surface area contributed by atoms with E-state index < -0.39 is 41.4 Å². The fourth-order valence-corrected chi connectivity index (χ4v) is 4.60. The molecule has 1 saturated heterocycles. The number of pyridine rings is 1. The van der Waals surface area contributed by atoms with Crippen LogP contribution in [0.3, 0.4) is 0 Å². The van der Waals surface area contributed by atoms with E-state index in [0.29, 0.717) is 18.4 Å². The third kappa shape index (κ3) is 5.14. The zero-order valence-corrected chi connectivity index (χ0v) is 20.7. The number of β-lactam (4-membered cyclic amide) rings is 1. The summed E-state index contributed by atoms with van der Waals surface area (Å²) in [6, 6.07) is 3.82. The van der Waals surface area contributed by atoms with E-state index in [4.69, 9.17) is 10.6 Å². The molecule has 0 spiro atoms. The van der Waals surface area contributed by atoms with Crippen LogP contribution in [0, 0.1) is 0 Å². The van der Waals surface area contributed by atoms with Crippen LogP contribution >= 0.6 is 11.3 Å². The fraction of sp³-hybridized carbons (Fsp3) is 0.348. The van der Waals surface area contributed by atoms with Crippen LogP contribution < -0.4 is 20.7 Å². The van der Waals surface area contributed by atoms with Crippen LogP contribution in [0.1, 0.15) is 32.4 Å². The van der Waals surface area contributed by atoms with Gasteiger partial charge in [-0.25, -0.2) is 14.3 Å². The molecule has 0 aliphatic carbocycles. The average Bonchev–Trinajstić information content (AvgIpc) is 3.28. The highest BCUT2D eigenvalue weighted by Gasteiger charge is 2.52. The number of carboxylic acid groups (broad SMARTS) is 2. The van der Waals surface area contributed by atoms with Gasteiger partial charge in [-0.15, -0.1) is 11.3 Å². The van der Waals surface area contributed by atoms with Gasteiger partial charge in [0.2, 0.25) is 5.60 Å². The van der Waals surface area contributed by atoms with E-state index in [9.17, 15) is 29.4 Å². The van der Waals surface area contributed by atoms with Gasteiger partial charge in [0.25, 0.3) is 11.8 Å². The van der Waals surface area contributed by atoms with Gasteiger partial charge < -0.3 is 35.8 Å². The van der Waals surface area contributed by atoms with Gasteiger partial charge in [0.1, 0.15) is 11.7 Å². The first-order valence-corrected chi connectivity index (χ1v) is 12.1. The van der Waals surface area contributed by atoms with Crippen LogP contribution in [0.4, 0.5) is 5.13 Å². The molecule has 4 rings (SSSR count). The number of carboxylic acids is 2. The number of amides is 2. The molecule has 2 aliphatic heterocycles. The van der Waals surface area contributed by atoms with E-state index >= 15 is 0 Å². The minimum Gasteiger partial charge on any atom is -0.543 e. The summed E-state index contributed by atoms with van der Waals surface area (Å²) in [5.41, 5.74) is 3.91. The highest BCUT2D eigenvalue weighted by Crippen LogP contribution is 2.36. The highest BCUT2D eigenvalue weighted by molar-refractivity contribution is 7.13. The van der Waals surface area contributed by atoms with Gasteiger partial charge in [-0.1, -0.05) is 11.2 Å². The average molecular weight is 529 g/mol. The molecule has 4 heterocycles. The number of carbonyl (C=O) groups excluding carboxylic acids is 3. The molecule has 4 N–H and O–H groups in total. The second-order valence-corrected chi connectivity index (χ2v) is 9.86. The molecule has 14 heteroatoms. The van der Waals surface area contributed by atoms with E-state index in [2.05, 4.69) is 15.5 Å². The number of nitrogens with zero attached hydrogens (tertiary/aromatic N) is 4. The normalized spacial score (nSPS) is 19.7. The van der Waals surface area contributed by atoms with Crippen LogP contribution in [-0.2, 0) is 30.6 Å². The quantitative estimate of drug-likeness (QED) is 0.155. The number of aromatic nitrogens is 2. The van der Waals surface area contributed by atoms with Crippen molar-refractivity contribution >= 4 is 45.9 Å². The maximum Gasteiger partial charge on any atom is 0.350 e. The molecule has 37 heavy (non-hydrogen) atoms. The lowest BCUT2D eigenvalue weighted by Crippen LogP contribution is -2.72. The molecule has 2 atom stereocenters. The molecular formula is C23H24N6O7S. The Labute approximate surface area is 214 Å². The van der Waals surface area contributed by atoms with Crippen LogP contribution in [0.25, 0.3) is 0 Å². The number of allylic oxidation sites excluding steroid dienone is 1. The Morgan fingerprint density at radius 2 is 2.05 bits per heavy atom. The topological polar surface area (TPSA) is 191 Å². The zero-order valence-electron chi connectivity index (χ0n) is 19.9. The molecule has 194 valence electrons. The Bertz CT molecular complexity index is 1320. The predicted molar refractivity (Wildman–Crippen MR) is 126 cm³/mol. The van der Waals surface area contributed by atoms with Gasteiger partial charge in [-0.2, -0.15) is 0 Å². The predicted octanol–water partition coefficient (Wildman–Crippen LogP) is -1.21. The number of anilines is 1. The molecule has 1 fully saturated rings. The van der Waals surface area contributed by atoms with Gasteiger partial charge >= 0.3 is 5.97 Å². The number of hydrogen-bond donors (Lipinski definition) is 3. The number of rotatable bonds is 9. The first kappa shape index (κ1) is 25.8. The lowest BCUT2D eigenvalue weighted by molar-refractivity contribution is -0.689. The van der Waals surface area contributed by atoms with E-state index in [-0.39, 0.29) is 28.8 Å². The third-order valence-electron chi connectivity index (χ3n) is 6.03. The van der Waals surface area contributed by atoms with Gasteiger partial charge in [0.15, 0.2) is 29.8 Å². The van der Waals surface area contributed by atoms with Crippen LogP contribution in [0.2, 0.25) is 0 Å². The third-order valence-corrected chi connectivity index (χ3v) is 6.70. The molecule has 0 saturated carbocycles. The lowest BCUT2D eigenvalue weighted by Gasteiger charge is -2.51. The molecule has 0 unspecified atom stereocenters. The largest absolute Gasteiger partial charge is 0.543 e. The first-order valence-electron chi connectivity index (χ1n) is 11.2. The molecule has 13 nitrogen and oxygen atoms in total. The highest BCUT2D eigenvalue weighted by atomic mass is 32.1. The number of oxime groups is 1. The number of carbonyl (C=O) groups is 4. The molecule has 0 bridgehead atoms. The van der Waals surface area contributed by atoms with Crippen molar-refractivity contribution in [3.63, 3.8) is 0 Å². The van der Waals surface area contributed by atoms with E-state index in [0.717, 1.165) is 16.2 Å². The second kappa shape index (κ2) is 9.97. The van der Waals surface area contributed by atoms with Crippen molar-refractivity contribution < 1.29 is 38.8 Å². The molecule has 0 radical (unpaired) electrons. The minimum atomic E-state index is -1.75. The molecule has 2 aliphatic rings. The number of hydrogen-bond acceptors (Lipinski definition) is 10. The van der Waals surface area contributed by atoms with Gasteiger partial charge in [0.05, 0.1) is 17.7 Å². The molecule has 2 aromatic heterocycles. The first-order chi connectivity index (χ1) is 17.5. The number of fused-ring (bicyclic) bond motifs is 1.